The van der Waals surface area contributed by atoms with Crippen LogP contribution in [0.3, 0.4) is 0 Å². The molecule has 18 nitrogen and oxygen atoms in total. The highest BCUT2D eigenvalue weighted by Gasteiger charge is 2.55. The molecule has 2 fully saturated rings. The number of aromatic nitrogens is 8. The molecule has 2 N–H and O–H groups in total. The van der Waals surface area contributed by atoms with E-state index in [2.05, 4.69) is 67.6 Å². The molecule has 7 heterocycles. The molecule has 2 saturated heterocycles. The Morgan fingerprint density at radius 1 is 0.765 bits per heavy atom. The highest BCUT2D eigenvalue weighted by molar-refractivity contribution is 14.1. The molecule has 444 valence electrons. The number of amides is 1. The second kappa shape index (κ2) is 26.5. The SMILES string of the molecule is COC(=O)C(F)(F)S(=O)(=O)F.O=C(NCc1ccc2n[nH]c(C(F)(F)F)c2c1)c1ccnc(Cc2ccc3ncc(Cl)cc3c2)c1.[C-]#[N+]c1ccc2c(c1)c(C(F)(F)F)nn2C1CCCCO1.[C-]#[N+]c1ccc2c(c1)c(I)nn2C1CCCCO1. The second-order valence-corrected chi connectivity index (χ2v) is 21.6. The Morgan fingerprint density at radius 2 is 1.38 bits per heavy atom. The number of hydrogen-bond acceptors (Lipinski definition) is 12. The predicted octanol–water partition coefficient (Wildman–Crippen LogP) is 13.9. The van der Waals surface area contributed by atoms with Gasteiger partial charge in [0.25, 0.3) is 5.91 Å². The zero-order valence-corrected chi connectivity index (χ0v) is 47.7. The molecular weight excluding hydrogens is 1290 g/mol. The van der Waals surface area contributed by atoms with Crippen molar-refractivity contribution in [2.75, 3.05) is 20.3 Å². The summed E-state index contributed by atoms with van der Waals surface area (Å²) in [6.07, 6.45) is -0.116. The van der Waals surface area contributed by atoms with Gasteiger partial charge in [0, 0.05) is 71.4 Å². The smallest absolute Gasteiger partial charge is 0.464 e. The summed E-state index contributed by atoms with van der Waals surface area (Å²) in [5.41, 5.74) is 4.00. The number of benzene rings is 4. The Balaban J connectivity index is 0.000000161. The normalized spacial score (nSPS) is 15.6. The largest absolute Gasteiger partial charge is 0.470 e. The molecule has 2 aliphatic heterocycles. The molecule has 85 heavy (non-hydrogen) atoms. The molecule has 0 saturated carbocycles. The molecule has 9 aromatic rings. The summed E-state index contributed by atoms with van der Waals surface area (Å²) in [5, 5.41) is 14.1. The van der Waals surface area contributed by atoms with E-state index in [1.54, 1.807) is 30.6 Å². The van der Waals surface area contributed by atoms with Gasteiger partial charge in [0.15, 0.2) is 29.5 Å². The van der Waals surface area contributed by atoms with Gasteiger partial charge in [0.2, 0.25) is 0 Å². The fourth-order valence-electron chi connectivity index (χ4n) is 8.92. The first kappa shape index (κ1) is 63.1. The third-order valence-corrected chi connectivity index (χ3v) is 14.8. The number of methoxy groups -OCH3 is 1. The number of pyridine rings is 2. The number of alkyl halides is 8. The number of halogens is 11. The lowest BCUT2D eigenvalue weighted by molar-refractivity contribution is -0.158. The number of fused-ring (bicyclic) bond motifs is 4. The number of hydrogen-bond donors (Lipinski definition) is 2. The summed E-state index contributed by atoms with van der Waals surface area (Å²) in [6, 6.07) is 25.4. The summed E-state index contributed by atoms with van der Waals surface area (Å²) in [4.78, 5) is 37.9. The molecule has 1 amide bonds. The number of carbonyl (C=O) groups is 2. The number of aromatic amines is 1. The number of rotatable bonds is 9. The average molecular weight is 1340 g/mol. The molecule has 11 rings (SSSR count). The number of ether oxygens (including phenoxy) is 3. The van der Waals surface area contributed by atoms with Crippen LogP contribution in [0.2, 0.25) is 5.02 Å². The average Bonchev–Trinajstić information content (AvgIpc) is 2.48. The van der Waals surface area contributed by atoms with Crippen LogP contribution >= 0.6 is 34.2 Å². The van der Waals surface area contributed by atoms with Crippen molar-refractivity contribution >= 4 is 111 Å². The molecule has 4 aromatic carbocycles. The summed E-state index contributed by atoms with van der Waals surface area (Å²) < 4.78 is 152. The topological polar surface area (TPSA) is 207 Å². The van der Waals surface area contributed by atoms with Gasteiger partial charge >= 0.3 is 33.8 Å². The van der Waals surface area contributed by atoms with Crippen LogP contribution in [-0.4, -0.2) is 85.6 Å². The number of H-pyrrole nitrogens is 1. The minimum Gasteiger partial charge on any atom is -0.464 e. The number of nitrogens with one attached hydrogen (secondary N) is 2. The molecule has 2 aliphatic rings. The molecule has 0 bridgehead atoms. The quantitative estimate of drug-likeness (QED) is 0.0455. The summed E-state index contributed by atoms with van der Waals surface area (Å²) in [5.74, 6) is -2.80. The molecule has 0 spiro atoms. The molecule has 5 aromatic heterocycles. The maximum atomic E-state index is 13.2. The van der Waals surface area contributed by atoms with Crippen LogP contribution in [-0.2, 0) is 54.5 Å². The minimum atomic E-state index is -6.22. The first-order chi connectivity index (χ1) is 40.3. The van der Waals surface area contributed by atoms with Crippen LogP contribution in [0.1, 0.15) is 89.5 Å². The fraction of sp³-hybridized carbons (Fsp3) is 0.291. The molecule has 0 radical (unpaired) electrons. The Morgan fingerprint density at radius 3 is 1.95 bits per heavy atom. The molecule has 30 heteroatoms. The van der Waals surface area contributed by atoms with Crippen molar-refractivity contribution in [2.45, 2.75) is 81.6 Å². The van der Waals surface area contributed by atoms with Gasteiger partial charge in [-0.05, 0) is 139 Å². The zero-order valence-electron chi connectivity index (χ0n) is 44.0. The second-order valence-electron chi connectivity index (χ2n) is 18.8. The van der Waals surface area contributed by atoms with Crippen molar-refractivity contribution in [1.29, 1.82) is 0 Å². The van der Waals surface area contributed by atoms with Crippen molar-refractivity contribution in [3.63, 3.8) is 0 Å². The van der Waals surface area contributed by atoms with Crippen LogP contribution in [0, 0.1) is 16.8 Å². The Bertz CT molecular complexity index is 4140. The van der Waals surface area contributed by atoms with E-state index in [0.29, 0.717) is 59.6 Å². The van der Waals surface area contributed by atoms with Gasteiger partial charge in [-0.15, -0.1) is 0 Å². The third-order valence-electron chi connectivity index (χ3n) is 13.0. The molecular formula is C55H44ClF9IN11O7S. The van der Waals surface area contributed by atoms with Gasteiger partial charge < -0.3 is 19.5 Å². The third kappa shape index (κ3) is 15.1. The number of esters is 1. The zero-order chi connectivity index (χ0) is 61.4. The first-order valence-electron chi connectivity index (χ1n) is 25.3. The predicted molar refractivity (Wildman–Crippen MR) is 300 cm³/mol. The van der Waals surface area contributed by atoms with E-state index in [1.165, 1.54) is 41.4 Å². The summed E-state index contributed by atoms with van der Waals surface area (Å²) in [6.45, 7) is 15.4. The monoisotopic (exact) mass is 1340 g/mol. The Hall–Kier alpha value is -7.97. The van der Waals surface area contributed by atoms with Gasteiger partial charge in [-0.2, -0.15) is 58.8 Å². The van der Waals surface area contributed by atoms with Crippen molar-refractivity contribution in [1.82, 2.24) is 45.0 Å². The number of nitrogens with zero attached hydrogens (tertiary/aromatic N) is 9. The van der Waals surface area contributed by atoms with E-state index in [-0.39, 0.29) is 40.7 Å². The van der Waals surface area contributed by atoms with E-state index in [0.717, 1.165) is 63.4 Å². The minimum absolute atomic E-state index is 0.0395. The highest BCUT2D eigenvalue weighted by Crippen LogP contribution is 2.39. The van der Waals surface area contributed by atoms with Crippen LogP contribution in [0.15, 0.2) is 103 Å². The van der Waals surface area contributed by atoms with E-state index >= 15 is 0 Å². The standard InChI is InChI=1S/C25H17ClF3N5O.C14H12F3N3O.C13H12IN3O.C3H3F3O4S/c26-18-10-17-7-14(1-3-21(17)31-13-18)8-19-11-16(5-6-30-19)24(35)32-12-15-2-4-22-20(9-15)23(34-33-22)25(27,28)29;1-18-9-5-6-11-10(8-9)13(14(15,16)17)19-20(11)12-4-2-3-7-21-12;1-15-9-5-6-11-10(8-9)13(14)16-17(11)12-4-2-3-7-18-12;1-10-2(7)3(4,5)11(6,8)9/h1-7,9-11,13H,8,12H2,(H,32,35)(H,33,34);5-6,8,12H,2-4,7H2;5-6,8,12H,2-4,7H2;1H3. The van der Waals surface area contributed by atoms with Crippen molar-refractivity contribution in [2.24, 2.45) is 0 Å². The van der Waals surface area contributed by atoms with Crippen LogP contribution in [0.5, 0.6) is 0 Å². The van der Waals surface area contributed by atoms with Gasteiger partial charge in [-0.25, -0.2) is 23.8 Å². The molecule has 2 unspecified atom stereocenters. The maximum Gasteiger partial charge on any atom is 0.470 e. The molecule has 2 atom stereocenters. The number of carbonyl (C=O) groups excluding carboxylic acids is 2. The van der Waals surface area contributed by atoms with Gasteiger partial charge in [-0.1, -0.05) is 39.8 Å². The maximum absolute atomic E-state index is 13.2. The fourth-order valence-corrected chi connectivity index (χ4v) is 10.0. The van der Waals surface area contributed by atoms with Gasteiger partial charge in [0.05, 0.1) is 47.3 Å². The van der Waals surface area contributed by atoms with Crippen LogP contribution in [0.4, 0.5) is 50.4 Å². The van der Waals surface area contributed by atoms with Crippen molar-refractivity contribution in [3.8, 4) is 0 Å². The van der Waals surface area contributed by atoms with E-state index in [1.807, 2.05) is 52.2 Å². The molecule has 0 aliphatic carbocycles. The lowest BCUT2D eigenvalue weighted by Crippen LogP contribution is -2.36. The van der Waals surface area contributed by atoms with Crippen molar-refractivity contribution in [3.05, 3.63) is 169 Å². The van der Waals surface area contributed by atoms with E-state index in [4.69, 9.17) is 34.2 Å². The van der Waals surface area contributed by atoms with Gasteiger partial charge in [-0.3, -0.25) is 19.9 Å². The van der Waals surface area contributed by atoms with E-state index in [9.17, 15) is 57.0 Å². The van der Waals surface area contributed by atoms with Crippen LogP contribution < -0.4 is 5.32 Å². The Kier molecular flexibility index (Phi) is 19.7. The van der Waals surface area contributed by atoms with Crippen LogP contribution in [0.25, 0.3) is 53.3 Å². The first-order valence-corrected chi connectivity index (χ1v) is 28.1. The highest BCUT2D eigenvalue weighted by atomic mass is 127. The van der Waals surface area contributed by atoms with E-state index < -0.39 is 51.4 Å². The summed E-state index contributed by atoms with van der Waals surface area (Å²) >= 11 is 8.25. The van der Waals surface area contributed by atoms with Gasteiger partial charge in [0.1, 0.15) is 9.39 Å². The summed E-state index contributed by atoms with van der Waals surface area (Å²) in [7, 11) is -5.71. The van der Waals surface area contributed by atoms with Crippen molar-refractivity contribution < 1.29 is 71.2 Å². The lowest BCUT2D eigenvalue weighted by atomic mass is 10.0. The Labute approximate surface area is 495 Å². The lowest BCUT2D eigenvalue weighted by Gasteiger charge is -2.23.